The summed E-state index contributed by atoms with van der Waals surface area (Å²) in [6.07, 6.45) is 4.40. The van der Waals surface area contributed by atoms with E-state index >= 15 is 0 Å². The molecule has 0 radical (unpaired) electrons. The van der Waals surface area contributed by atoms with E-state index in [-0.39, 0.29) is 17.7 Å². The summed E-state index contributed by atoms with van der Waals surface area (Å²) in [7, 11) is 0. The molecular formula is C15H21NO3. The van der Waals surface area contributed by atoms with E-state index in [9.17, 15) is 9.59 Å². The Bertz CT molecular complexity index is 488. The lowest BCUT2D eigenvalue weighted by molar-refractivity contribution is 0.0915. The molecule has 1 amide bonds. The summed E-state index contributed by atoms with van der Waals surface area (Å²) in [6, 6.07) is 0.0942. The van der Waals surface area contributed by atoms with Crippen LogP contribution in [0.15, 0.2) is 10.7 Å². The lowest BCUT2D eigenvalue weighted by Crippen LogP contribution is -2.34. The number of amides is 1. The van der Waals surface area contributed by atoms with Crippen molar-refractivity contribution in [2.75, 3.05) is 0 Å². The normalized spacial score (nSPS) is 16.3. The number of ketones is 1. The largest absolute Gasteiger partial charge is 0.468 e. The highest BCUT2D eigenvalue weighted by Gasteiger charge is 2.28. The second-order valence-electron chi connectivity index (χ2n) is 5.73. The second-order valence-corrected chi connectivity index (χ2v) is 5.73. The van der Waals surface area contributed by atoms with Crippen molar-refractivity contribution in [1.82, 2.24) is 5.32 Å². The molecule has 1 N–H and O–H groups in total. The second kappa shape index (κ2) is 5.59. The average molecular weight is 263 g/mol. The first-order chi connectivity index (χ1) is 8.99. The molecule has 1 aliphatic carbocycles. The molecule has 19 heavy (non-hydrogen) atoms. The fourth-order valence-electron chi connectivity index (χ4n) is 2.66. The van der Waals surface area contributed by atoms with Crippen molar-refractivity contribution in [1.29, 1.82) is 0 Å². The van der Waals surface area contributed by atoms with E-state index in [4.69, 9.17) is 4.42 Å². The number of rotatable bonds is 4. The Morgan fingerprint density at radius 3 is 2.79 bits per heavy atom. The van der Waals surface area contributed by atoms with Gasteiger partial charge in [-0.05, 0) is 25.7 Å². The number of hydrogen-bond acceptors (Lipinski definition) is 3. The first-order valence-corrected chi connectivity index (χ1v) is 6.93. The number of aryl methyl sites for hydroxylation is 1. The molecule has 4 heteroatoms. The van der Waals surface area contributed by atoms with Gasteiger partial charge in [0.2, 0.25) is 0 Å². The van der Waals surface area contributed by atoms with E-state index in [1.165, 1.54) is 6.26 Å². The Labute approximate surface area is 113 Å². The number of fused-ring (bicyclic) bond motifs is 1. The molecule has 1 unspecified atom stereocenters. The highest BCUT2D eigenvalue weighted by Crippen LogP contribution is 2.26. The number of Topliss-reactive ketones (excluding diaryl/α,β-unsaturated/α-hetero) is 1. The summed E-state index contributed by atoms with van der Waals surface area (Å²) in [5.74, 6) is 1.01. The van der Waals surface area contributed by atoms with Gasteiger partial charge in [0.05, 0.1) is 11.1 Å². The van der Waals surface area contributed by atoms with Gasteiger partial charge in [0, 0.05) is 18.9 Å². The van der Waals surface area contributed by atoms with Crippen molar-refractivity contribution < 1.29 is 14.0 Å². The summed E-state index contributed by atoms with van der Waals surface area (Å²) in [6.45, 7) is 6.21. The van der Waals surface area contributed by atoms with Crippen LogP contribution in [0.2, 0.25) is 0 Å². The monoisotopic (exact) mass is 263 g/mol. The maximum atomic E-state index is 12.2. The van der Waals surface area contributed by atoms with Crippen LogP contribution >= 0.6 is 0 Å². The molecule has 0 saturated carbocycles. The molecule has 0 fully saturated rings. The Morgan fingerprint density at radius 1 is 1.37 bits per heavy atom. The van der Waals surface area contributed by atoms with Gasteiger partial charge in [-0.1, -0.05) is 13.8 Å². The third kappa shape index (κ3) is 3.06. The molecule has 1 aliphatic rings. The molecule has 0 bridgehead atoms. The van der Waals surface area contributed by atoms with Gasteiger partial charge in [-0.2, -0.15) is 0 Å². The minimum Gasteiger partial charge on any atom is -0.468 e. The highest BCUT2D eigenvalue weighted by atomic mass is 16.3. The summed E-state index contributed by atoms with van der Waals surface area (Å²) >= 11 is 0. The fraction of sp³-hybridized carbons (Fsp3) is 0.600. The number of carbonyl (C=O) groups is 2. The standard InChI is InChI=1S/C15H21NO3/c1-9(2)7-10(3)16-15(18)11-8-19-13-6-4-5-12(17)14(11)13/h8-10H,4-7H2,1-3H3,(H,16,18). The summed E-state index contributed by atoms with van der Waals surface area (Å²) in [5, 5.41) is 2.93. The quantitative estimate of drug-likeness (QED) is 0.908. The Kier molecular flexibility index (Phi) is 4.08. The van der Waals surface area contributed by atoms with Crippen LogP contribution in [0.5, 0.6) is 0 Å². The van der Waals surface area contributed by atoms with Crippen molar-refractivity contribution in [2.45, 2.75) is 52.5 Å². The van der Waals surface area contributed by atoms with Gasteiger partial charge in [-0.15, -0.1) is 0 Å². The van der Waals surface area contributed by atoms with Crippen molar-refractivity contribution in [3.63, 3.8) is 0 Å². The molecule has 1 atom stereocenters. The first kappa shape index (κ1) is 13.8. The zero-order chi connectivity index (χ0) is 14.0. The van der Waals surface area contributed by atoms with Crippen molar-refractivity contribution >= 4 is 11.7 Å². The van der Waals surface area contributed by atoms with Crippen LogP contribution in [-0.2, 0) is 6.42 Å². The lowest BCUT2D eigenvalue weighted by atomic mass is 9.93. The van der Waals surface area contributed by atoms with Gasteiger partial charge in [-0.25, -0.2) is 0 Å². The predicted molar refractivity (Wildman–Crippen MR) is 72.4 cm³/mol. The number of carbonyl (C=O) groups excluding carboxylic acids is 2. The Hall–Kier alpha value is -1.58. The summed E-state index contributed by atoms with van der Waals surface area (Å²) < 4.78 is 5.36. The van der Waals surface area contributed by atoms with Gasteiger partial charge < -0.3 is 9.73 Å². The maximum Gasteiger partial charge on any atom is 0.255 e. The number of furan rings is 1. The van der Waals surface area contributed by atoms with Gasteiger partial charge in [0.1, 0.15) is 12.0 Å². The first-order valence-electron chi connectivity index (χ1n) is 6.93. The maximum absolute atomic E-state index is 12.2. The number of nitrogens with one attached hydrogen (secondary N) is 1. The molecule has 0 aromatic carbocycles. The van der Waals surface area contributed by atoms with E-state index in [0.717, 1.165) is 19.3 Å². The molecule has 0 aliphatic heterocycles. The van der Waals surface area contributed by atoms with Crippen LogP contribution in [0.1, 0.15) is 66.5 Å². The average Bonchev–Trinajstić information content (AvgIpc) is 2.72. The molecule has 4 nitrogen and oxygen atoms in total. The third-order valence-corrected chi connectivity index (χ3v) is 3.40. The van der Waals surface area contributed by atoms with Crippen LogP contribution in [0.3, 0.4) is 0 Å². The Morgan fingerprint density at radius 2 is 2.11 bits per heavy atom. The minimum atomic E-state index is -0.201. The van der Waals surface area contributed by atoms with Gasteiger partial charge in [0.25, 0.3) is 5.91 Å². The van der Waals surface area contributed by atoms with Crippen molar-refractivity contribution in [2.24, 2.45) is 5.92 Å². The van der Waals surface area contributed by atoms with Gasteiger partial charge in [-0.3, -0.25) is 9.59 Å². The van der Waals surface area contributed by atoms with Crippen molar-refractivity contribution in [3.05, 3.63) is 23.2 Å². The molecular weight excluding hydrogens is 242 g/mol. The van der Waals surface area contributed by atoms with Crippen LogP contribution in [0.4, 0.5) is 0 Å². The summed E-state index contributed by atoms with van der Waals surface area (Å²) in [5.41, 5.74) is 0.899. The van der Waals surface area contributed by atoms with Crippen LogP contribution in [0.25, 0.3) is 0 Å². The molecule has 0 saturated heterocycles. The zero-order valence-corrected chi connectivity index (χ0v) is 11.8. The predicted octanol–water partition coefficient (Wildman–Crippen LogP) is 2.96. The molecule has 1 aromatic heterocycles. The summed E-state index contributed by atoms with van der Waals surface area (Å²) in [4.78, 5) is 24.1. The molecule has 2 rings (SSSR count). The zero-order valence-electron chi connectivity index (χ0n) is 11.8. The van der Waals surface area contributed by atoms with E-state index in [2.05, 4.69) is 19.2 Å². The molecule has 104 valence electrons. The fourth-order valence-corrected chi connectivity index (χ4v) is 2.66. The van der Waals surface area contributed by atoms with Crippen LogP contribution < -0.4 is 5.32 Å². The highest BCUT2D eigenvalue weighted by molar-refractivity contribution is 6.09. The van der Waals surface area contributed by atoms with E-state index in [1.54, 1.807) is 0 Å². The molecule has 1 heterocycles. The van der Waals surface area contributed by atoms with Crippen LogP contribution in [0, 0.1) is 5.92 Å². The van der Waals surface area contributed by atoms with Gasteiger partial charge in [0.15, 0.2) is 5.78 Å². The van der Waals surface area contributed by atoms with Gasteiger partial charge >= 0.3 is 0 Å². The van der Waals surface area contributed by atoms with E-state index in [1.807, 2.05) is 6.92 Å². The van der Waals surface area contributed by atoms with Crippen molar-refractivity contribution in [3.8, 4) is 0 Å². The third-order valence-electron chi connectivity index (χ3n) is 3.40. The molecule has 1 aromatic rings. The minimum absolute atomic E-state index is 0.0247. The van der Waals surface area contributed by atoms with Crippen LogP contribution in [-0.4, -0.2) is 17.7 Å². The van der Waals surface area contributed by atoms with E-state index in [0.29, 0.717) is 29.2 Å². The molecule has 0 spiro atoms. The topological polar surface area (TPSA) is 59.3 Å². The smallest absolute Gasteiger partial charge is 0.255 e. The lowest BCUT2D eigenvalue weighted by Gasteiger charge is -2.16. The van der Waals surface area contributed by atoms with E-state index < -0.39 is 0 Å². The Balaban J connectivity index is 2.12. The number of hydrogen-bond donors (Lipinski definition) is 1. The SMILES string of the molecule is CC(C)CC(C)NC(=O)c1coc2c1C(=O)CCC2.